The van der Waals surface area contributed by atoms with Crippen LogP contribution in [0.15, 0.2) is 23.1 Å². The number of nitriles is 1. The van der Waals surface area contributed by atoms with E-state index in [1.54, 1.807) is 0 Å². The van der Waals surface area contributed by atoms with Crippen molar-refractivity contribution >= 4 is 21.6 Å². The van der Waals surface area contributed by atoms with Gasteiger partial charge in [0.05, 0.1) is 27.6 Å². The topological polar surface area (TPSA) is 81.4 Å². The summed E-state index contributed by atoms with van der Waals surface area (Å²) in [7, 11) is -3.73. The molecule has 1 aliphatic heterocycles. The lowest BCUT2D eigenvalue weighted by molar-refractivity contribution is 0.0667. The van der Waals surface area contributed by atoms with Crippen molar-refractivity contribution in [3.05, 3.63) is 28.8 Å². The largest absolute Gasteiger partial charge is 0.391 e. The van der Waals surface area contributed by atoms with Crippen molar-refractivity contribution < 1.29 is 13.5 Å². The summed E-state index contributed by atoms with van der Waals surface area (Å²) in [6.07, 6.45) is 2.16. The Bertz CT molecular complexity index is 685. The second kappa shape index (κ2) is 6.97. The molecule has 0 bridgehead atoms. The van der Waals surface area contributed by atoms with Crippen LogP contribution in [0.5, 0.6) is 0 Å². The first-order valence-corrected chi connectivity index (χ1v) is 9.13. The maximum absolute atomic E-state index is 12.8. The lowest BCUT2D eigenvalue weighted by Crippen LogP contribution is -2.49. The van der Waals surface area contributed by atoms with E-state index in [0.29, 0.717) is 19.4 Å². The lowest BCUT2D eigenvalue weighted by atomic mass is 9.98. The van der Waals surface area contributed by atoms with Gasteiger partial charge in [0.15, 0.2) is 0 Å². The number of benzene rings is 1. The molecule has 1 aliphatic rings. The maximum Gasteiger partial charge on any atom is 0.243 e. The van der Waals surface area contributed by atoms with Crippen LogP contribution >= 0.6 is 11.6 Å². The molecule has 22 heavy (non-hydrogen) atoms. The number of nitrogens with zero attached hydrogens (tertiary/aromatic N) is 2. The highest BCUT2D eigenvalue weighted by atomic mass is 35.5. The van der Waals surface area contributed by atoms with Gasteiger partial charge in [-0.3, -0.25) is 0 Å². The summed E-state index contributed by atoms with van der Waals surface area (Å²) in [4.78, 5) is 0.0618. The van der Waals surface area contributed by atoms with E-state index in [1.165, 1.54) is 22.5 Å². The molecule has 2 atom stereocenters. The Morgan fingerprint density at radius 3 is 2.82 bits per heavy atom. The molecule has 1 N–H and O–H groups in total. The van der Waals surface area contributed by atoms with Crippen molar-refractivity contribution in [3.63, 3.8) is 0 Å². The predicted octanol–water partition coefficient (Wildman–Crippen LogP) is 2.53. The molecule has 1 aromatic carbocycles. The zero-order valence-electron chi connectivity index (χ0n) is 12.4. The number of aliphatic hydroxyl groups is 1. The predicted molar refractivity (Wildman–Crippen MR) is 84.0 cm³/mol. The molecule has 7 heteroatoms. The van der Waals surface area contributed by atoms with Crippen LogP contribution in [0, 0.1) is 11.3 Å². The average Bonchev–Trinajstić information content (AvgIpc) is 2.54. The maximum atomic E-state index is 12.8. The van der Waals surface area contributed by atoms with E-state index >= 15 is 0 Å². The van der Waals surface area contributed by atoms with Crippen molar-refractivity contribution in [1.82, 2.24) is 4.31 Å². The molecule has 0 aliphatic carbocycles. The zero-order chi connectivity index (χ0) is 16.3. The first-order valence-electron chi connectivity index (χ1n) is 7.31. The van der Waals surface area contributed by atoms with Crippen molar-refractivity contribution in [2.75, 3.05) is 6.54 Å². The standard InChI is InChI=1S/C15H19ClN2O3S/c1-2-15(19)14-5-3-4-8-18(14)22(20,21)12-7-6-11(10-17)13(16)9-12/h6-7,9,14-15,19H,2-5,8H2,1H3. The molecule has 1 aromatic rings. The first kappa shape index (κ1) is 17.2. The van der Waals surface area contributed by atoms with Crippen LogP contribution < -0.4 is 0 Å². The molecule has 2 rings (SSSR count). The van der Waals surface area contributed by atoms with Crippen LogP contribution in [0.3, 0.4) is 0 Å². The van der Waals surface area contributed by atoms with Crippen molar-refractivity contribution in [1.29, 1.82) is 5.26 Å². The van der Waals surface area contributed by atoms with Gasteiger partial charge in [0, 0.05) is 6.54 Å². The second-order valence-corrected chi connectivity index (χ2v) is 7.71. The quantitative estimate of drug-likeness (QED) is 0.911. The van der Waals surface area contributed by atoms with Crippen LogP contribution in [-0.2, 0) is 10.0 Å². The Hall–Kier alpha value is -1.13. The van der Waals surface area contributed by atoms with E-state index in [9.17, 15) is 13.5 Å². The fraction of sp³-hybridized carbons (Fsp3) is 0.533. The van der Waals surface area contributed by atoms with E-state index in [2.05, 4.69) is 0 Å². The highest BCUT2D eigenvalue weighted by molar-refractivity contribution is 7.89. The van der Waals surface area contributed by atoms with Gasteiger partial charge >= 0.3 is 0 Å². The van der Waals surface area contributed by atoms with Crippen LogP contribution in [0.2, 0.25) is 5.02 Å². The van der Waals surface area contributed by atoms with Gasteiger partial charge in [-0.1, -0.05) is 24.9 Å². The number of piperidine rings is 1. The summed E-state index contributed by atoms with van der Waals surface area (Å²) in [6, 6.07) is 5.61. The molecule has 0 spiro atoms. The minimum Gasteiger partial charge on any atom is -0.391 e. The number of aliphatic hydroxyl groups excluding tert-OH is 1. The van der Waals surface area contributed by atoms with E-state index in [-0.39, 0.29) is 15.5 Å². The smallest absolute Gasteiger partial charge is 0.243 e. The summed E-state index contributed by atoms with van der Waals surface area (Å²) in [5.74, 6) is 0. The Morgan fingerprint density at radius 2 is 2.23 bits per heavy atom. The number of hydrogen-bond donors (Lipinski definition) is 1. The third-order valence-corrected chi connectivity index (χ3v) is 6.26. The number of halogens is 1. The van der Waals surface area contributed by atoms with E-state index in [4.69, 9.17) is 16.9 Å². The van der Waals surface area contributed by atoms with Gasteiger partial charge in [-0.2, -0.15) is 9.57 Å². The zero-order valence-corrected chi connectivity index (χ0v) is 13.9. The van der Waals surface area contributed by atoms with E-state index in [0.717, 1.165) is 12.8 Å². The molecule has 0 radical (unpaired) electrons. The molecule has 2 unspecified atom stereocenters. The Labute approximate surface area is 136 Å². The molecule has 0 amide bonds. The van der Waals surface area contributed by atoms with Crippen LogP contribution in [0.4, 0.5) is 0 Å². The summed E-state index contributed by atoms with van der Waals surface area (Å²) in [5.41, 5.74) is 0.240. The van der Waals surface area contributed by atoms with Gasteiger partial charge in [0.25, 0.3) is 0 Å². The number of sulfonamides is 1. The highest BCUT2D eigenvalue weighted by Crippen LogP contribution is 2.29. The normalized spacial score (nSPS) is 21.3. The third kappa shape index (κ3) is 3.28. The lowest BCUT2D eigenvalue weighted by Gasteiger charge is -2.37. The van der Waals surface area contributed by atoms with Crippen molar-refractivity contribution in [3.8, 4) is 6.07 Å². The summed E-state index contributed by atoms with van der Waals surface area (Å²) in [6.45, 7) is 2.23. The minimum atomic E-state index is -3.73. The number of rotatable bonds is 4. The third-order valence-electron chi connectivity index (χ3n) is 4.03. The molecule has 120 valence electrons. The van der Waals surface area contributed by atoms with Crippen molar-refractivity contribution in [2.45, 2.75) is 49.6 Å². The fourth-order valence-corrected chi connectivity index (χ4v) is 4.81. The van der Waals surface area contributed by atoms with E-state index < -0.39 is 22.2 Å². The van der Waals surface area contributed by atoms with E-state index in [1.807, 2.05) is 13.0 Å². The van der Waals surface area contributed by atoms with Gasteiger partial charge in [-0.15, -0.1) is 0 Å². The monoisotopic (exact) mass is 342 g/mol. The van der Waals surface area contributed by atoms with Crippen LogP contribution in [0.1, 0.15) is 38.2 Å². The molecule has 1 saturated heterocycles. The molecule has 5 nitrogen and oxygen atoms in total. The number of hydrogen-bond acceptors (Lipinski definition) is 4. The fourth-order valence-electron chi connectivity index (χ4n) is 2.77. The Morgan fingerprint density at radius 1 is 1.50 bits per heavy atom. The first-order chi connectivity index (χ1) is 10.4. The van der Waals surface area contributed by atoms with Crippen LogP contribution in [0.25, 0.3) is 0 Å². The molecule has 0 aromatic heterocycles. The summed E-state index contributed by atoms with van der Waals surface area (Å²) in [5, 5.41) is 19.1. The highest BCUT2D eigenvalue weighted by Gasteiger charge is 2.36. The summed E-state index contributed by atoms with van der Waals surface area (Å²) < 4.78 is 27.1. The van der Waals surface area contributed by atoms with Gasteiger partial charge in [0.1, 0.15) is 6.07 Å². The SMILES string of the molecule is CCC(O)C1CCCCN1S(=O)(=O)c1ccc(C#N)c(Cl)c1. The van der Waals surface area contributed by atoms with Gasteiger partial charge in [-0.05, 0) is 37.5 Å². The second-order valence-electron chi connectivity index (χ2n) is 5.41. The molecular formula is C15H19ClN2O3S. The Kier molecular flexibility index (Phi) is 5.45. The molecule has 1 heterocycles. The minimum absolute atomic E-state index is 0.0618. The molecule has 0 saturated carbocycles. The van der Waals surface area contributed by atoms with Gasteiger partial charge in [-0.25, -0.2) is 8.42 Å². The van der Waals surface area contributed by atoms with Crippen molar-refractivity contribution in [2.24, 2.45) is 0 Å². The Balaban J connectivity index is 2.39. The molecule has 1 fully saturated rings. The van der Waals surface area contributed by atoms with Gasteiger partial charge < -0.3 is 5.11 Å². The van der Waals surface area contributed by atoms with Crippen LogP contribution in [-0.4, -0.2) is 36.5 Å². The summed E-state index contributed by atoms with van der Waals surface area (Å²) >= 11 is 5.95. The average molecular weight is 343 g/mol. The van der Waals surface area contributed by atoms with Gasteiger partial charge in [0.2, 0.25) is 10.0 Å². The molecular weight excluding hydrogens is 324 g/mol.